The van der Waals surface area contributed by atoms with Crippen molar-refractivity contribution in [1.82, 2.24) is 4.98 Å². The SMILES string of the molecule is CCOC(C)c1ccc(C(=O)Nc2cccc(Oc3ccccc3C(F)(F)F)c2)c(C)n1. The fraction of sp³-hybridized carbons (Fsp3) is 0.250. The highest BCUT2D eigenvalue weighted by molar-refractivity contribution is 6.05. The Morgan fingerprint density at radius 1 is 1.09 bits per heavy atom. The Morgan fingerprint density at radius 2 is 1.84 bits per heavy atom. The minimum Gasteiger partial charge on any atom is -0.457 e. The molecule has 0 aliphatic rings. The van der Waals surface area contributed by atoms with Crippen LogP contribution in [0, 0.1) is 6.92 Å². The second-order valence-electron chi connectivity index (χ2n) is 7.04. The largest absolute Gasteiger partial charge is 0.457 e. The summed E-state index contributed by atoms with van der Waals surface area (Å²) in [6.45, 7) is 6.05. The number of hydrogen-bond donors (Lipinski definition) is 1. The molecular weight excluding hydrogens is 421 g/mol. The van der Waals surface area contributed by atoms with Crippen LogP contribution in [0.4, 0.5) is 18.9 Å². The van der Waals surface area contributed by atoms with Crippen LogP contribution in [0.15, 0.2) is 60.7 Å². The molecule has 0 fully saturated rings. The number of nitrogens with zero attached hydrogens (tertiary/aromatic N) is 1. The van der Waals surface area contributed by atoms with Crippen molar-refractivity contribution < 1.29 is 27.4 Å². The number of nitrogens with one attached hydrogen (secondary N) is 1. The number of para-hydroxylation sites is 1. The molecule has 2 aromatic carbocycles. The molecule has 1 N–H and O–H groups in total. The van der Waals surface area contributed by atoms with Crippen LogP contribution < -0.4 is 10.1 Å². The number of rotatable bonds is 7. The van der Waals surface area contributed by atoms with E-state index in [2.05, 4.69) is 10.3 Å². The lowest BCUT2D eigenvalue weighted by Gasteiger charge is -2.15. The second-order valence-corrected chi connectivity index (χ2v) is 7.04. The lowest BCUT2D eigenvalue weighted by molar-refractivity contribution is -0.138. The third kappa shape index (κ3) is 5.64. The summed E-state index contributed by atoms with van der Waals surface area (Å²) in [5.41, 5.74) is 1.14. The predicted octanol–water partition coefficient (Wildman–Crippen LogP) is 6.55. The van der Waals surface area contributed by atoms with Crippen molar-refractivity contribution in [3.05, 3.63) is 83.2 Å². The fourth-order valence-corrected chi connectivity index (χ4v) is 3.13. The van der Waals surface area contributed by atoms with Gasteiger partial charge in [0.1, 0.15) is 11.5 Å². The average Bonchev–Trinajstić information content (AvgIpc) is 2.73. The highest BCUT2D eigenvalue weighted by atomic mass is 19.4. The highest BCUT2D eigenvalue weighted by Gasteiger charge is 2.34. The van der Waals surface area contributed by atoms with Gasteiger partial charge in [0.2, 0.25) is 0 Å². The van der Waals surface area contributed by atoms with Crippen molar-refractivity contribution in [2.45, 2.75) is 33.1 Å². The van der Waals surface area contributed by atoms with Crippen molar-refractivity contribution in [3.8, 4) is 11.5 Å². The molecule has 0 aliphatic heterocycles. The molecule has 0 saturated carbocycles. The number of hydrogen-bond acceptors (Lipinski definition) is 4. The van der Waals surface area contributed by atoms with Gasteiger partial charge in [-0.2, -0.15) is 13.2 Å². The van der Waals surface area contributed by atoms with E-state index >= 15 is 0 Å². The van der Waals surface area contributed by atoms with E-state index in [0.29, 0.717) is 23.6 Å². The lowest BCUT2D eigenvalue weighted by Crippen LogP contribution is -2.15. The first-order chi connectivity index (χ1) is 15.2. The molecule has 0 aliphatic carbocycles. The maximum atomic E-state index is 13.2. The van der Waals surface area contributed by atoms with Gasteiger partial charge in [-0.25, -0.2) is 0 Å². The van der Waals surface area contributed by atoms with Gasteiger partial charge >= 0.3 is 6.18 Å². The van der Waals surface area contributed by atoms with Gasteiger partial charge < -0.3 is 14.8 Å². The summed E-state index contributed by atoms with van der Waals surface area (Å²) in [4.78, 5) is 17.2. The van der Waals surface area contributed by atoms with E-state index in [9.17, 15) is 18.0 Å². The number of carbonyl (C=O) groups excluding carboxylic acids is 1. The number of amides is 1. The van der Waals surface area contributed by atoms with Crippen molar-refractivity contribution in [2.24, 2.45) is 0 Å². The Labute approximate surface area is 184 Å². The van der Waals surface area contributed by atoms with Gasteiger partial charge in [0.25, 0.3) is 5.91 Å². The van der Waals surface area contributed by atoms with E-state index < -0.39 is 17.6 Å². The third-order valence-electron chi connectivity index (χ3n) is 4.70. The average molecular weight is 444 g/mol. The summed E-state index contributed by atoms with van der Waals surface area (Å²) >= 11 is 0. The minimum absolute atomic E-state index is 0.162. The molecule has 8 heteroatoms. The van der Waals surface area contributed by atoms with Crippen molar-refractivity contribution in [2.75, 3.05) is 11.9 Å². The maximum Gasteiger partial charge on any atom is 0.419 e. The maximum absolute atomic E-state index is 13.2. The molecule has 1 aromatic heterocycles. The molecular formula is C24H23F3N2O3. The topological polar surface area (TPSA) is 60.5 Å². The zero-order chi connectivity index (χ0) is 23.3. The summed E-state index contributed by atoms with van der Waals surface area (Å²) in [5, 5.41) is 2.73. The van der Waals surface area contributed by atoms with E-state index in [4.69, 9.17) is 9.47 Å². The number of ether oxygens (including phenoxy) is 2. The van der Waals surface area contributed by atoms with Crippen LogP contribution in [0.3, 0.4) is 0 Å². The Morgan fingerprint density at radius 3 is 2.53 bits per heavy atom. The van der Waals surface area contributed by atoms with Gasteiger partial charge in [0.15, 0.2) is 0 Å². The van der Waals surface area contributed by atoms with E-state index in [1.54, 1.807) is 31.2 Å². The zero-order valence-corrected chi connectivity index (χ0v) is 17.9. The molecule has 3 aromatic rings. The quantitative estimate of drug-likeness (QED) is 0.449. The lowest BCUT2D eigenvalue weighted by atomic mass is 10.1. The van der Waals surface area contributed by atoms with Crippen LogP contribution in [-0.4, -0.2) is 17.5 Å². The number of carbonyl (C=O) groups is 1. The van der Waals surface area contributed by atoms with Crippen LogP contribution in [0.25, 0.3) is 0 Å². The monoisotopic (exact) mass is 444 g/mol. The van der Waals surface area contributed by atoms with Crippen LogP contribution in [-0.2, 0) is 10.9 Å². The van der Waals surface area contributed by atoms with E-state index in [1.807, 2.05) is 13.8 Å². The Balaban J connectivity index is 1.76. The summed E-state index contributed by atoms with van der Waals surface area (Å²) < 4.78 is 50.6. The minimum atomic E-state index is -4.54. The zero-order valence-electron chi connectivity index (χ0n) is 17.9. The molecule has 0 radical (unpaired) electrons. The Kier molecular flexibility index (Phi) is 7.15. The van der Waals surface area contributed by atoms with Crippen LogP contribution in [0.5, 0.6) is 11.5 Å². The van der Waals surface area contributed by atoms with E-state index in [1.165, 1.54) is 30.3 Å². The van der Waals surface area contributed by atoms with E-state index in [-0.39, 0.29) is 17.6 Å². The van der Waals surface area contributed by atoms with Gasteiger partial charge in [-0.3, -0.25) is 9.78 Å². The van der Waals surface area contributed by atoms with Gasteiger partial charge in [-0.05, 0) is 57.2 Å². The molecule has 32 heavy (non-hydrogen) atoms. The number of aromatic nitrogens is 1. The number of pyridine rings is 1. The first-order valence-electron chi connectivity index (χ1n) is 10.0. The van der Waals surface area contributed by atoms with Gasteiger partial charge in [0, 0.05) is 18.4 Å². The molecule has 168 valence electrons. The van der Waals surface area contributed by atoms with Crippen LogP contribution in [0.1, 0.15) is 47.3 Å². The molecule has 1 atom stereocenters. The summed E-state index contributed by atoms with van der Waals surface area (Å²) in [7, 11) is 0. The number of benzene rings is 2. The van der Waals surface area contributed by atoms with Gasteiger partial charge in [-0.1, -0.05) is 18.2 Å². The number of halogens is 3. The molecule has 0 spiro atoms. The second kappa shape index (κ2) is 9.82. The first-order valence-corrected chi connectivity index (χ1v) is 10.0. The molecule has 5 nitrogen and oxygen atoms in total. The molecule has 0 saturated heterocycles. The van der Waals surface area contributed by atoms with Crippen molar-refractivity contribution >= 4 is 11.6 Å². The number of anilines is 1. The predicted molar refractivity (Wildman–Crippen MR) is 115 cm³/mol. The molecule has 3 rings (SSSR count). The molecule has 1 unspecified atom stereocenters. The molecule has 1 amide bonds. The molecule has 0 bridgehead atoms. The first kappa shape index (κ1) is 23.3. The van der Waals surface area contributed by atoms with Crippen molar-refractivity contribution in [3.63, 3.8) is 0 Å². The van der Waals surface area contributed by atoms with E-state index in [0.717, 1.165) is 11.8 Å². The Hall–Kier alpha value is -3.39. The standard InChI is InChI=1S/C24H23F3N2O3/c1-4-31-16(3)21-13-12-19(15(2)28-21)23(30)29-17-8-7-9-18(14-17)32-22-11-6-5-10-20(22)24(25,26)27/h5-14,16H,4H2,1-3H3,(H,29,30). The smallest absolute Gasteiger partial charge is 0.419 e. The fourth-order valence-electron chi connectivity index (χ4n) is 3.13. The number of alkyl halides is 3. The van der Waals surface area contributed by atoms with Gasteiger partial charge in [-0.15, -0.1) is 0 Å². The van der Waals surface area contributed by atoms with Crippen LogP contribution >= 0.6 is 0 Å². The third-order valence-corrected chi connectivity index (χ3v) is 4.70. The summed E-state index contributed by atoms with van der Waals surface area (Å²) in [6, 6.07) is 14.5. The highest BCUT2D eigenvalue weighted by Crippen LogP contribution is 2.38. The normalized spacial score (nSPS) is 12.3. The van der Waals surface area contributed by atoms with Gasteiger partial charge in [0.05, 0.1) is 28.6 Å². The Bertz CT molecular complexity index is 1100. The summed E-state index contributed by atoms with van der Waals surface area (Å²) in [6.07, 6.45) is -4.73. The molecule has 1 heterocycles. The van der Waals surface area contributed by atoms with Crippen LogP contribution in [0.2, 0.25) is 0 Å². The summed E-state index contributed by atoms with van der Waals surface area (Å²) in [5.74, 6) is -0.545. The number of aryl methyl sites for hydroxylation is 1. The van der Waals surface area contributed by atoms with Crippen molar-refractivity contribution in [1.29, 1.82) is 0 Å².